The van der Waals surface area contributed by atoms with Gasteiger partial charge in [-0.15, -0.1) is 11.3 Å². The highest BCUT2D eigenvalue weighted by molar-refractivity contribution is 7.25. The Labute approximate surface area is 339 Å². The van der Waals surface area contributed by atoms with Gasteiger partial charge in [-0.2, -0.15) is 0 Å². The monoisotopic (exact) mass is 769 g/mol. The normalized spacial score (nSPS) is 12.8. The van der Waals surface area contributed by atoms with E-state index in [2.05, 4.69) is 133 Å². The first kappa shape index (κ1) is 35.4. The van der Waals surface area contributed by atoms with E-state index in [1.807, 2.05) is 66.8 Å². The number of thiophene rings is 1. The third kappa shape index (κ3) is 6.01. The lowest BCUT2D eigenvalue weighted by atomic mass is 9.96. The average molecular weight is 770 g/mol. The van der Waals surface area contributed by atoms with Crippen LogP contribution in [0, 0.1) is 5.41 Å². The standard InChI is InChI=1S/C52H39N3O2S/c1-4-10-31(11-5-2)32-18-20-33(21-19-32)51(53)55-52(54-3)41-14-9-16-45-50(41)42-28-36(24-27-43(42)56-45)37-13-8-15-44-49(37)40-26-23-34(29-46(40)57-44)35-22-25-39-38-12-6-7-17-47(38)58-48(39)30-35/h4,6-30,52H,3,5H2,1-2H3,(H2,53,55)/b10-4-,31-11+. The van der Waals surface area contributed by atoms with Crippen LogP contribution < -0.4 is 5.32 Å². The van der Waals surface area contributed by atoms with Gasteiger partial charge in [0.15, 0.2) is 0 Å². The molecular weight excluding hydrogens is 731 g/mol. The molecular formula is C52H39N3O2S. The van der Waals surface area contributed by atoms with Crippen LogP contribution in [0.3, 0.4) is 0 Å². The van der Waals surface area contributed by atoms with Crippen molar-refractivity contribution >= 4 is 93.5 Å². The molecule has 280 valence electrons. The summed E-state index contributed by atoms with van der Waals surface area (Å²) in [7, 11) is 0. The van der Waals surface area contributed by atoms with E-state index in [1.165, 1.54) is 31.3 Å². The molecule has 0 aliphatic rings. The van der Waals surface area contributed by atoms with Gasteiger partial charge in [0.2, 0.25) is 0 Å². The topological polar surface area (TPSA) is 74.5 Å². The summed E-state index contributed by atoms with van der Waals surface area (Å²) < 4.78 is 15.6. The van der Waals surface area contributed by atoms with Gasteiger partial charge in [-0.1, -0.05) is 116 Å². The first-order valence-corrected chi connectivity index (χ1v) is 20.4. The molecule has 5 nitrogen and oxygen atoms in total. The lowest BCUT2D eigenvalue weighted by Crippen LogP contribution is -2.27. The maximum Gasteiger partial charge on any atom is 0.145 e. The Hall–Kier alpha value is -7.02. The second-order valence-electron chi connectivity index (χ2n) is 14.6. The first-order valence-electron chi connectivity index (χ1n) is 19.6. The average Bonchev–Trinajstić information content (AvgIpc) is 3.96. The van der Waals surface area contributed by atoms with Crippen molar-refractivity contribution in [1.29, 1.82) is 5.41 Å². The van der Waals surface area contributed by atoms with E-state index >= 15 is 0 Å². The molecule has 2 N–H and O–H groups in total. The Balaban J connectivity index is 1.00. The smallest absolute Gasteiger partial charge is 0.145 e. The summed E-state index contributed by atoms with van der Waals surface area (Å²) in [4.78, 5) is 4.48. The van der Waals surface area contributed by atoms with E-state index in [4.69, 9.17) is 14.2 Å². The van der Waals surface area contributed by atoms with Gasteiger partial charge in [-0.05, 0) is 102 Å². The van der Waals surface area contributed by atoms with Crippen LogP contribution in [0.4, 0.5) is 0 Å². The Kier molecular flexibility index (Phi) is 8.84. The van der Waals surface area contributed by atoms with Crippen LogP contribution in [0.1, 0.15) is 43.1 Å². The minimum atomic E-state index is -0.575. The van der Waals surface area contributed by atoms with Gasteiger partial charge in [-0.25, -0.2) is 0 Å². The summed E-state index contributed by atoms with van der Waals surface area (Å²) in [5, 5.41) is 19.0. The first-order chi connectivity index (χ1) is 28.5. The van der Waals surface area contributed by atoms with Crippen molar-refractivity contribution in [2.24, 2.45) is 4.99 Å². The highest BCUT2D eigenvalue weighted by atomic mass is 32.1. The van der Waals surface area contributed by atoms with E-state index in [-0.39, 0.29) is 5.84 Å². The number of amidine groups is 1. The van der Waals surface area contributed by atoms with Crippen LogP contribution in [-0.2, 0) is 0 Å². The molecule has 0 saturated heterocycles. The Morgan fingerprint density at radius 3 is 2.19 bits per heavy atom. The molecule has 0 radical (unpaired) electrons. The number of furan rings is 2. The van der Waals surface area contributed by atoms with Crippen molar-refractivity contribution in [3.8, 4) is 22.3 Å². The molecule has 7 aromatic carbocycles. The van der Waals surface area contributed by atoms with Gasteiger partial charge in [0.1, 0.15) is 34.3 Å². The predicted octanol–water partition coefficient (Wildman–Crippen LogP) is 14.9. The van der Waals surface area contributed by atoms with Crippen molar-refractivity contribution in [2.75, 3.05) is 0 Å². The fourth-order valence-corrected chi connectivity index (χ4v) is 9.50. The van der Waals surface area contributed by atoms with Gasteiger partial charge in [-0.3, -0.25) is 10.4 Å². The summed E-state index contributed by atoms with van der Waals surface area (Å²) in [5.41, 5.74) is 11.6. The summed E-state index contributed by atoms with van der Waals surface area (Å²) in [5.74, 6) is 0.267. The largest absolute Gasteiger partial charge is 0.456 e. The summed E-state index contributed by atoms with van der Waals surface area (Å²) in [6.07, 6.45) is 6.74. The molecule has 0 amide bonds. The lowest BCUT2D eigenvalue weighted by Gasteiger charge is -2.18. The third-order valence-electron chi connectivity index (χ3n) is 11.1. The van der Waals surface area contributed by atoms with Crippen LogP contribution in [0.2, 0.25) is 0 Å². The molecule has 0 bridgehead atoms. The number of aliphatic imine (C=N–C) groups is 1. The van der Waals surface area contributed by atoms with E-state index in [0.717, 1.165) is 83.7 Å². The van der Waals surface area contributed by atoms with Gasteiger partial charge in [0.25, 0.3) is 0 Å². The molecule has 0 aliphatic heterocycles. The fourth-order valence-electron chi connectivity index (χ4n) is 8.35. The summed E-state index contributed by atoms with van der Waals surface area (Å²) >= 11 is 1.83. The van der Waals surface area contributed by atoms with E-state index < -0.39 is 6.17 Å². The molecule has 10 aromatic rings. The third-order valence-corrected chi connectivity index (χ3v) is 12.2. The lowest BCUT2D eigenvalue weighted by molar-refractivity contribution is 0.664. The number of nitrogens with one attached hydrogen (secondary N) is 2. The predicted molar refractivity (Wildman–Crippen MR) is 247 cm³/mol. The van der Waals surface area contributed by atoms with Crippen molar-refractivity contribution in [2.45, 2.75) is 26.4 Å². The zero-order valence-electron chi connectivity index (χ0n) is 32.2. The number of allylic oxidation sites excluding steroid dienone is 4. The van der Waals surface area contributed by atoms with Crippen molar-refractivity contribution in [3.05, 3.63) is 174 Å². The Bertz CT molecular complexity index is 3300. The molecule has 0 spiro atoms. The van der Waals surface area contributed by atoms with Gasteiger partial charge >= 0.3 is 0 Å². The Morgan fingerprint density at radius 1 is 0.672 bits per heavy atom. The van der Waals surface area contributed by atoms with Crippen molar-refractivity contribution < 1.29 is 8.83 Å². The molecule has 10 rings (SSSR count). The molecule has 1 unspecified atom stereocenters. The number of hydrogen-bond donors (Lipinski definition) is 2. The molecule has 1 atom stereocenters. The van der Waals surface area contributed by atoms with Gasteiger partial charge < -0.3 is 14.2 Å². The molecule has 3 heterocycles. The highest BCUT2D eigenvalue weighted by Gasteiger charge is 2.21. The molecule has 58 heavy (non-hydrogen) atoms. The van der Waals surface area contributed by atoms with Gasteiger partial charge in [0, 0.05) is 52.8 Å². The minimum Gasteiger partial charge on any atom is -0.456 e. The molecule has 0 saturated carbocycles. The SMILES string of the molecule is C=NC(NC(=N)c1ccc(C(/C=C\C)=C/CC)cc1)c1cccc2oc3ccc(-c4cccc5oc6cc(-c7ccc8c(c7)sc7ccccc78)ccc6c45)cc3c12. The molecule has 0 aliphatic carbocycles. The summed E-state index contributed by atoms with van der Waals surface area (Å²) in [6.45, 7) is 8.10. The summed E-state index contributed by atoms with van der Waals surface area (Å²) in [6, 6.07) is 48.6. The number of nitrogens with zero attached hydrogens (tertiary/aromatic N) is 1. The minimum absolute atomic E-state index is 0.267. The zero-order chi connectivity index (χ0) is 39.3. The quantitative estimate of drug-likeness (QED) is 0.0872. The van der Waals surface area contributed by atoms with Crippen molar-refractivity contribution in [3.63, 3.8) is 0 Å². The van der Waals surface area contributed by atoms with Crippen LogP contribution >= 0.6 is 11.3 Å². The number of rotatable bonds is 9. The zero-order valence-corrected chi connectivity index (χ0v) is 33.0. The molecule has 3 aromatic heterocycles. The van der Waals surface area contributed by atoms with Crippen molar-refractivity contribution in [1.82, 2.24) is 5.32 Å². The number of benzene rings is 7. The molecule has 0 fully saturated rings. The maximum absolute atomic E-state index is 9.02. The second-order valence-corrected chi connectivity index (χ2v) is 15.7. The fraction of sp³-hybridized carbons (Fsp3) is 0.0769. The van der Waals surface area contributed by atoms with E-state index in [0.29, 0.717) is 0 Å². The maximum atomic E-state index is 9.02. The van der Waals surface area contributed by atoms with Crippen LogP contribution in [0.25, 0.3) is 91.9 Å². The van der Waals surface area contributed by atoms with E-state index in [1.54, 1.807) is 0 Å². The van der Waals surface area contributed by atoms with Crippen LogP contribution in [0.5, 0.6) is 0 Å². The van der Waals surface area contributed by atoms with Crippen LogP contribution in [-0.4, -0.2) is 12.6 Å². The Morgan fingerprint density at radius 2 is 1.38 bits per heavy atom. The van der Waals surface area contributed by atoms with E-state index in [9.17, 15) is 0 Å². The molecule has 6 heteroatoms. The van der Waals surface area contributed by atoms with Crippen LogP contribution in [0.15, 0.2) is 172 Å². The number of hydrogen-bond acceptors (Lipinski definition) is 5. The highest BCUT2D eigenvalue weighted by Crippen LogP contribution is 2.42. The van der Waals surface area contributed by atoms with Gasteiger partial charge in [0.05, 0.1) is 0 Å². The number of fused-ring (bicyclic) bond motifs is 9. The second kappa shape index (κ2) is 14.5.